The van der Waals surface area contributed by atoms with Crippen LogP contribution in [0.3, 0.4) is 0 Å². The molecule has 5 amide bonds. The number of piperazine rings is 2. The number of carbonyl (C=O) groups is 4. The van der Waals surface area contributed by atoms with E-state index in [2.05, 4.69) is 49.3 Å². The number of nitriles is 1. The number of fused-ring (bicyclic) bond motifs is 1. The molecule has 1 unspecified atom stereocenters. The van der Waals surface area contributed by atoms with Crippen molar-refractivity contribution in [3.8, 4) is 11.8 Å². The predicted octanol–water partition coefficient (Wildman–Crippen LogP) is 4.64. The van der Waals surface area contributed by atoms with Crippen LogP contribution in [0.2, 0.25) is 0 Å². The standard InChI is InChI=1S/C44H52FN9O5/c1-28-25-53(29(2)24-52(28)35-6-4-31(23-46)40(22-35)59-3)44(58)47-33-5-9-38(37(45)21-33)51-14-12-30(13-15-51)26-49-16-18-50(19-17-49)34-7-8-36-32(20-34)27-54(43(36)57)39-10-11-41(55)48-42(39)56/h4-9,20-22,28-30,39H,10-19,24-27H2,1-3H3,(H,47,58)(H,48,55,56)/t28-,29+,39?/m0/s1. The van der Waals surface area contributed by atoms with E-state index in [1.54, 1.807) is 35.1 Å². The van der Waals surface area contributed by atoms with E-state index in [9.17, 15) is 24.4 Å². The monoisotopic (exact) mass is 805 g/mol. The van der Waals surface area contributed by atoms with E-state index in [0.717, 1.165) is 75.6 Å². The molecule has 3 aromatic carbocycles. The first-order valence-electron chi connectivity index (χ1n) is 20.7. The Balaban J connectivity index is 0.785. The second-order valence-electron chi connectivity index (χ2n) is 16.6. The van der Waals surface area contributed by atoms with E-state index in [1.165, 1.54) is 6.07 Å². The molecule has 5 aliphatic rings. The van der Waals surface area contributed by atoms with Crippen molar-refractivity contribution in [3.05, 3.63) is 77.1 Å². The highest BCUT2D eigenvalue weighted by Crippen LogP contribution is 2.33. The predicted molar refractivity (Wildman–Crippen MR) is 222 cm³/mol. The average molecular weight is 806 g/mol. The molecule has 3 atom stereocenters. The van der Waals surface area contributed by atoms with Gasteiger partial charge in [-0.25, -0.2) is 9.18 Å². The number of rotatable bonds is 8. The molecule has 5 aliphatic heterocycles. The molecule has 15 heteroatoms. The molecule has 0 aromatic heterocycles. The number of piperidine rings is 2. The zero-order valence-electron chi connectivity index (χ0n) is 34.0. The molecule has 0 aliphatic carbocycles. The topological polar surface area (TPSA) is 145 Å². The Labute approximate surface area is 344 Å². The summed E-state index contributed by atoms with van der Waals surface area (Å²) < 4.78 is 21.0. The fourth-order valence-corrected chi connectivity index (χ4v) is 9.42. The van der Waals surface area contributed by atoms with Crippen LogP contribution < -0.4 is 30.1 Å². The van der Waals surface area contributed by atoms with Gasteiger partial charge < -0.3 is 34.6 Å². The Morgan fingerprint density at radius 3 is 2.36 bits per heavy atom. The maximum absolute atomic E-state index is 15.6. The molecule has 3 aromatic rings. The molecule has 59 heavy (non-hydrogen) atoms. The summed E-state index contributed by atoms with van der Waals surface area (Å²) in [6.07, 6.45) is 2.53. The van der Waals surface area contributed by atoms with Crippen LogP contribution in [-0.2, 0) is 16.1 Å². The lowest BCUT2D eigenvalue weighted by atomic mass is 9.95. The molecular formula is C44H52FN9O5. The number of urea groups is 1. The van der Waals surface area contributed by atoms with Crippen molar-refractivity contribution >= 4 is 46.5 Å². The first kappa shape index (κ1) is 39.9. The van der Waals surface area contributed by atoms with Crippen LogP contribution >= 0.6 is 0 Å². The molecule has 310 valence electrons. The Bertz CT molecular complexity index is 2160. The lowest BCUT2D eigenvalue weighted by molar-refractivity contribution is -0.136. The lowest BCUT2D eigenvalue weighted by Gasteiger charge is -2.45. The largest absolute Gasteiger partial charge is 0.495 e. The molecule has 0 radical (unpaired) electrons. The molecule has 5 heterocycles. The average Bonchev–Trinajstić information content (AvgIpc) is 3.56. The number of nitrogens with zero attached hydrogens (tertiary/aromatic N) is 7. The van der Waals surface area contributed by atoms with E-state index in [1.807, 2.05) is 31.2 Å². The van der Waals surface area contributed by atoms with E-state index < -0.39 is 11.9 Å². The molecule has 14 nitrogen and oxygen atoms in total. The molecule has 0 bridgehead atoms. The molecule has 0 saturated carbocycles. The van der Waals surface area contributed by atoms with Crippen molar-refractivity contribution in [3.63, 3.8) is 0 Å². The summed E-state index contributed by atoms with van der Waals surface area (Å²) in [5.74, 6) is -0.156. The molecule has 4 fully saturated rings. The van der Waals surface area contributed by atoms with Gasteiger partial charge in [-0.2, -0.15) is 5.26 Å². The van der Waals surface area contributed by atoms with Gasteiger partial charge in [0.2, 0.25) is 11.8 Å². The fraction of sp³-hybridized carbons (Fsp3) is 0.477. The van der Waals surface area contributed by atoms with Crippen molar-refractivity contribution in [2.24, 2.45) is 5.92 Å². The third kappa shape index (κ3) is 8.23. The highest BCUT2D eigenvalue weighted by atomic mass is 19.1. The first-order chi connectivity index (χ1) is 28.5. The number of benzene rings is 3. The van der Waals surface area contributed by atoms with Gasteiger partial charge in [-0.3, -0.25) is 24.6 Å². The van der Waals surface area contributed by atoms with Gasteiger partial charge in [-0.05, 0) is 93.1 Å². The summed E-state index contributed by atoms with van der Waals surface area (Å²) >= 11 is 0. The van der Waals surface area contributed by atoms with Crippen molar-refractivity contribution in [1.29, 1.82) is 5.26 Å². The fourth-order valence-electron chi connectivity index (χ4n) is 9.42. The zero-order valence-corrected chi connectivity index (χ0v) is 34.0. The van der Waals surface area contributed by atoms with Gasteiger partial charge in [-0.1, -0.05) is 0 Å². The highest BCUT2D eigenvalue weighted by Gasteiger charge is 2.39. The van der Waals surface area contributed by atoms with Crippen LogP contribution in [-0.4, -0.2) is 123 Å². The van der Waals surface area contributed by atoms with Crippen molar-refractivity contribution < 1.29 is 28.3 Å². The quantitative estimate of drug-likeness (QED) is 0.309. The van der Waals surface area contributed by atoms with Gasteiger partial charge in [0, 0.05) is 113 Å². The Morgan fingerprint density at radius 2 is 1.64 bits per heavy atom. The van der Waals surface area contributed by atoms with E-state index >= 15 is 4.39 Å². The van der Waals surface area contributed by atoms with Crippen LogP contribution in [0.4, 0.5) is 31.9 Å². The SMILES string of the molecule is COc1cc(N2C[C@@H](C)N(C(=O)Nc3ccc(N4CCC(CN5CCN(c6ccc7c(c6)CN(C6CCC(=O)NC6=O)C7=O)CC5)CC4)c(F)c3)C[C@@H]2C)ccc1C#N. The van der Waals surface area contributed by atoms with Crippen LogP contribution in [0, 0.1) is 23.1 Å². The van der Waals surface area contributed by atoms with Gasteiger partial charge in [0.1, 0.15) is 23.7 Å². The van der Waals surface area contributed by atoms with E-state index in [-0.39, 0.29) is 42.2 Å². The summed E-state index contributed by atoms with van der Waals surface area (Å²) in [7, 11) is 1.55. The van der Waals surface area contributed by atoms with Crippen molar-refractivity contribution in [2.45, 2.75) is 64.2 Å². The van der Waals surface area contributed by atoms with Gasteiger partial charge in [0.05, 0.1) is 18.4 Å². The van der Waals surface area contributed by atoms with Gasteiger partial charge in [0.15, 0.2) is 0 Å². The second kappa shape index (κ2) is 16.8. The number of hydrogen-bond donors (Lipinski definition) is 2. The Kier molecular flexibility index (Phi) is 11.3. The number of halogens is 1. The minimum atomic E-state index is -0.618. The van der Waals surface area contributed by atoms with Crippen LogP contribution in [0.1, 0.15) is 61.0 Å². The van der Waals surface area contributed by atoms with Crippen molar-refractivity contribution in [1.82, 2.24) is 20.0 Å². The number of imide groups is 1. The van der Waals surface area contributed by atoms with E-state index in [0.29, 0.717) is 60.2 Å². The smallest absolute Gasteiger partial charge is 0.322 e. The number of methoxy groups -OCH3 is 1. The maximum atomic E-state index is 15.6. The van der Waals surface area contributed by atoms with Crippen molar-refractivity contribution in [2.75, 3.05) is 86.0 Å². The van der Waals surface area contributed by atoms with Crippen LogP contribution in [0.25, 0.3) is 0 Å². The number of anilines is 4. The molecule has 0 spiro atoms. The minimum Gasteiger partial charge on any atom is -0.495 e. The summed E-state index contributed by atoms with van der Waals surface area (Å²) in [5.41, 5.74) is 5.00. The van der Waals surface area contributed by atoms with Gasteiger partial charge in [0.25, 0.3) is 5.91 Å². The molecule has 4 saturated heterocycles. The lowest BCUT2D eigenvalue weighted by Crippen LogP contribution is -2.59. The number of hydrogen-bond acceptors (Lipinski definition) is 10. The van der Waals surface area contributed by atoms with Gasteiger partial charge >= 0.3 is 6.03 Å². The summed E-state index contributed by atoms with van der Waals surface area (Å²) in [6, 6.07) is 17.6. The third-order valence-electron chi connectivity index (χ3n) is 12.8. The Morgan fingerprint density at radius 1 is 0.881 bits per heavy atom. The summed E-state index contributed by atoms with van der Waals surface area (Å²) in [6.45, 7) is 11.6. The first-order valence-corrected chi connectivity index (χ1v) is 20.7. The van der Waals surface area contributed by atoms with Gasteiger partial charge in [-0.15, -0.1) is 0 Å². The molecular weight excluding hydrogens is 754 g/mol. The summed E-state index contributed by atoms with van der Waals surface area (Å²) in [5, 5.41) is 14.7. The van der Waals surface area contributed by atoms with Crippen LogP contribution in [0.5, 0.6) is 5.75 Å². The maximum Gasteiger partial charge on any atom is 0.322 e. The third-order valence-corrected chi connectivity index (χ3v) is 12.8. The molecule has 2 N–H and O–H groups in total. The van der Waals surface area contributed by atoms with E-state index in [4.69, 9.17) is 4.74 Å². The highest BCUT2D eigenvalue weighted by molar-refractivity contribution is 6.05. The minimum absolute atomic E-state index is 0.00806. The Hall–Kier alpha value is -5.88. The number of amides is 5. The van der Waals surface area contributed by atoms with Crippen LogP contribution in [0.15, 0.2) is 54.6 Å². The number of carbonyl (C=O) groups excluding carboxylic acids is 4. The number of nitrogens with one attached hydrogen (secondary N) is 2. The zero-order chi connectivity index (χ0) is 41.4. The molecule has 8 rings (SSSR count). The normalized spacial score (nSPS) is 22.9. The second-order valence-corrected chi connectivity index (χ2v) is 16.6. The summed E-state index contributed by atoms with van der Waals surface area (Å²) in [4.78, 5) is 63.2. The number of ether oxygens (including phenoxy) is 1.